The molecule has 20 heavy (non-hydrogen) atoms. The van der Waals surface area contributed by atoms with E-state index in [0.29, 0.717) is 30.3 Å². The molecule has 0 radical (unpaired) electrons. The molecule has 0 N–H and O–H groups in total. The predicted octanol–water partition coefficient (Wildman–Crippen LogP) is 1.61. The SMILES string of the molecule is CC(C)CN(CCN(C)C)C(=O)c1ccc(C#N)cn1. The molecule has 0 saturated heterocycles. The predicted molar refractivity (Wildman–Crippen MR) is 78.2 cm³/mol. The molecule has 1 heterocycles. The van der Waals surface area contributed by atoms with Crippen LogP contribution in [-0.2, 0) is 0 Å². The summed E-state index contributed by atoms with van der Waals surface area (Å²) in [5, 5.41) is 8.75. The number of hydrogen-bond acceptors (Lipinski definition) is 4. The van der Waals surface area contributed by atoms with E-state index in [0.717, 1.165) is 6.54 Å². The molecule has 0 aliphatic rings. The van der Waals surface area contributed by atoms with E-state index in [-0.39, 0.29) is 5.91 Å². The highest BCUT2D eigenvalue weighted by Gasteiger charge is 2.18. The van der Waals surface area contributed by atoms with Crippen LogP contribution in [0.4, 0.5) is 0 Å². The van der Waals surface area contributed by atoms with Crippen LogP contribution in [0.1, 0.15) is 29.9 Å². The standard InChI is InChI=1S/C15H22N4O/c1-12(2)11-19(8-7-18(3)4)15(20)14-6-5-13(9-16)10-17-14/h5-6,10,12H,7-8,11H2,1-4H3. The summed E-state index contributed by atoms with van der Waals surface area (Å²) in [5.41, 5.74) is 0.855. The first kappa shape index (κ1) is 16.1. The van der Waals surface area contributed by atoms with Gasteiger partial charge in [0.1, 0.15) is 11.8 Å². The second-order valence-electron chi connectivity index (χ2n) is 5.49. The summed E-state index contributed by atoms with van der Waals surface area (Å²) < 4.78 is 0. The van der Waals surface area contributed by atoms with Crippen LogP contribution >= 0.6 is 0 Å². The number of pyridine rings is 1. The van der Waals surface area contributed by atoms with Crippen molar-refractivity contribution in [2.45, 2.75) is 13.8 Å². The van der Waals surface area contributed by atoms with Gasteiger partial charge in [0.2, 0.25) is 0 Å². The number of carbonyl (C=O) groups excluding carboxylic acids is 1. The van der Waals surface area contributed by atoms with E-state index in [1.807, 2.05) is 30.0 Å². The van der Waals surface area contributed by atoms with Crippen molar-refractivity contribution in [2.24, 2.45) is 5.92 Å². The Morgan fingerprint density at radius 3 is 2.50 bits per heavy atom. The van der Waals surface area contributed by atoms with Gasteiger partial charge in [-0.3, -0.25) is 4.79 Å². The van der Waals surface area contributed by atoms with E-state index in [2.05, 4.69) is 18.8 Å². The Morgan fingerprint density at radius 1 is 1.35 bits per heavy atom. The molecule has 0 fully saturated rings. The summed E-state index contributed by atoms with van der Waals surface area (Å²) in [6, 6.07) is 5.24. The number of nitriles is 1. The largest absolute Gasteiger partial charge is 0.336 e. The minimum absolute atomic E-state index is 0.0787. The number of nitrogens with zero attached hydrogens (tertiary/aromatic N) is 4. The molecule has 0 atom stereocenters. The maximum Gasteiger partial charge on any atom is 0.272 e. The summed E-state index contributed by atoms with van der Waals surface area (Å²) in [6.07, 6.45) is 1.44. The average Bonchev–Trinajstić information content (AvgIpc) is 2.42. The van der Waals surface area contributed by atoms with Gasteiger partial charge in [-0.25, -0.2) is 4.98 Å². The molecular weight excluding hydrogens is 252 g/mol. The summed E-state index contributed by atoms with van der Waals surface area (Å²) in [7, 11) is 3.97. The third-order valence-corrected chi connectivity index (χ3v) is 2.80. The maximum absolute atomic E-state index is 12.5. The van der Waals surface area contributed by atoms with Crippen LogP contribution in [0.2, 0.25) is 0 Å². The number of hydrogen-bond donors (Lipinski definition) is 0. The summed E-state index contributed by atoms with van der Waals surface area (Å²) in [4.78, 5) is 20.4. The Bertz CT molecular complexity index is 474. The van der Waals surface area contributed by atoms with Crippen LogP contribution < -0.4 is 0 Å². The van der Waals surface area contributed by atoms with Gasteiger partial charge in [-0.15, -0.1) is 0 Å². The van der Waals surface area contributed by atoms with Gasteiger partial charge in [0.15, 0.2) is 0 Å². The molecule has 1 aromatic heterocycles. The van der Waals surface area contributed by atoms with Crippen LogP contribution in [-0.4, -0.2) is 54.4 Å². The fraction of sp³-hybridized carbons (Fsp3) is 0.533. The molecule has 0 unspecified atom stereocenters. The highest BCUT2D eigenvalue weighted by Crippen LogP contribution is 2.07. The Kier molecular flexibility index (Phi) is 6.13. The highest BCUT2D eigenvalue weighted by molar-refractivity contribution is 5.92. The summed E-state index contributed by atoms with van der Waals surface area (Å²) >= 11 is 0. The monoisotopic (exact) mass is 274 g/mol. The lowest BCUT2D eigenvalue weighted by molar-refractivity contribution is 0.0719. The normalized spacial score (nSPS) is 10.7. The van der Waals surface area contributed by atoms with Crippen molar-refractivity contribution in [1.82, 2.24) is 14.8 Å². The quantitative estimate of drug-likeness (QED) is 0.791. The molecule has 1 rings (SSSR count). The van der Waals surface area contributed by atoms with E-state index in [1.165, 1.54) is 6.20 Å². The summed E-state index contributed by atoms with van der Waals surface area (Å²) in [5.74, 6) is 0.324. The second kappa shape index (κ2) is 7.61. The Hall–Kier alpha value is -1.93. The molecule has 5 heteroatoms. The van der Waals surface area contributed by atoms with Crippen LogP contribution in [0.25, 0.3) is 0 Å². The van der Waals surface area contributed by atoms with E-state index in [1.54, 1.807) is 12.1 Å². The molecule has 0 bridgehead atoms. The Balaban J connectivity index is 2.82. The number of aromatic nitrogens is 1. The van der Waals surface area contributed by atoms with Gasteiger partial charge in [0.05, 0.1) is 5.56 Å². The first-order valence-electron chi connectivity index (χ1n) is 6.74. The first-order chi connectivity index (χ1) is 9.43. The zero-order valence-corrected chi connectivity index (χ0v) is 12.6. The molecule has 0 spiro atoms. The van der Waals surface area contributed by atoms with E-state index in [4.69, 9.17) is 5.26 Å². The summed E-state index contributed by atoms with van der Waals surface area (Å²) in [6.45, 7) is 6.36. The van der Waals surface area contributed by atoms with Crippen LogP contribution in [0.3, 0.4) is 0 Å². The Labute approximate surface area is 120 Å². The minimum atomic E-state index is -0.0787. The van der Waals surface area contributed by atoms with E-state index >= 15 is 0 Å². The molecule has 0 aliphatic heterocycles. The van der Waals surface area contributed by atoms with Crippen LogP contribution in [0.5, 0.6) is 0 Å². The number of likely N-dealkylation sites (N-methyl/N-ethyl adjacent to an activating group) is 1. The number of rotatable bonds is 6. The zero-order chi connectivity index (χ0) is 15.1. The molecule has 1 amide bonds. The lowest BCUT2D eigenvalue weighted by atomic mass is 10.2. The highest BCUT2D eigenvalue weighted by atomic mass is 16.2. The molecule has 5 nitrogen and oxygen atoms in total. The van der Waals surface area contributed by atoms with Crippen molar-refractivity contribution in [2.75, 3.05) is 33.7 Å². The van der Waals surface area contributed by atoms with Crippen molar-refractivity contribution in [3.63, 3.8) is 0 Å². The Morgan fingerprint density at radius 2 is 2.05 bits per heavy atom. The fourth-order valence-corrected chi connectivity index (χ4v) is 1.79. The smallest absolute Gasteiger partial charge is 0.272 e. The zero-order valence-electron chi connectivity index (χ0n) is 12.6. The molecular formula is C15H22N4O. The third-order valence-electron chi connectivity index (χ3n) is 2.80. The molecule has 108 valence electrons. The fourth-order valence-electron chi connectivity index (χ4n) is 1.79. The van der Waals surface area contributed by atoms with Gasteiger partial charge in [0, 0.05) is 25.8 Å². The average molecular weight is 274 g/mol. The van der Waals surface area contributed by atoms with Crippen molar-refractivity contribution in [3.8, 4) is 6.07 Å². The lowest BCUT2D eigenvalue weighted by Crippen LogP contribution is -2.39. The topological polar surface area (TPSA) is 60.2 Å². The van der Waals surface area contributed by atoms with Crippen molar-refractivity contribution < 1.29 is 4.79 Å². The molecule has 0 aromatic carbocycles. The minimum Gasteiger partial charge on any atom is -0.336 e. The van der Waals surface area contributed by atoms with Gasteiger partial charge in [-0.2, -0.15) is 5.26 Å². The van der Waals surface area contributed by atoms with Gasteiger partial charge in [-0.1, -0.05) is 13.8 Å². The van der Waals surface area contributed by atoms with Crippen molar-refractivity contribution >= 4 is 5.91 Å². The first-order valence-corrected chi connectivity index (χ1v) is 6.74. The van der Waals surface area contributed by atoms with Crippen LogP contribution in [0, 0.1) is 17.2 Å². The van der Waals surface area contributed by atoms with E-state index < -0.39 is 0 Å². The molecule has 0 aliphatic carbocycles. The third kappa shape index (κ3) is 4.98. The second-order valence-corrected chi connectivity index (χ2v) is 5.49. The maximum atomic E-state index is 12.5. The number of carbonyl (C=O) groups is 1. The van der Waals surface area contributed by atoms with Gasteiger partial charge in [0.25, 0.3) is 5.91 Å². The van der Waals surface area contributed by atoms with E-state index in [9.17, 15) is 4.79 Å². The van der Waals surface area contributed by atoms with Crippen molar-refractivity contribution in [1.29, 1.82) is 5.26 Å². The lowest BCUT2D eigenvalue weighted by Gasteiger charge is -2.25. The van der Waals surface area contributed by atoms with Crippen molar-refractivity contribution in [3.05, 3.63) is 29.6 Å². The van der Waals surface area contributed by atoms with Gasteiger partial charge < -0.3 is 9.80 Å². The van der Waals surface area contributed by atoms with Crippen LogP contribution in [0.15, 0.2) is 18.3 Å². The van der Waals surface area contributed by atoms with Gasteiger partial charge >= 0.3 is 0 Å². The van der Waals surface area contributed by atoms with Gasteiger partial charge in [-0.05, 0) is 32.1 Å². The number of amides is 1. The molecule has 0 saturated carbocycles. The molecule has 1 aromatic rings.